The first-order chi connectivity index (χ1) is 12.5. The van der Waals surface area contributed by atoms with E-state index in [0.717, 1.165) is 4.57 Å². The molecule has 26 heavy (non-hydrogen) atoms. The third kappa shape index (κ3) is 3.52. The van der Waals surface area contributed by atoms with Gasteiger partial charge in [0.15, 0.2) is 0 Å². The van der Waals surface area contributed by atoms with Crippen molar-refractivity contribution in [3.63, 3.8) is 0 Å². The van der Waals surface area contributed by atoms with Crippen LogP contribution in [0.2, 0.25) is 5.02 Å². The summed E-state index contributed by atoms with van der Waals surface area (Å²) < 4.78 is 6.08. The average Bonchev–Trinajstić information content (AvgIpc) is 2.61. The Morgan fingerprint density at radius 2 is 1.96 bits per heavy atom. The van der Waals surface area contributed by atoms with Crippen LogP contribution in [0.5, 0.6) is 11.6 Å². The first-order valence-corrected chi connectivity index (χ1v) is 7.90. The normalized spacial score (nSPS) is 11.0. The van der Waals surface area contributed by atoms with Gasteiger partial charge in [0.05, 0.1) is 18.5 Å². The lowest BCUT2D eigenvalue weighted by molar-refractivity contribution is 0.412. The molecule has 8 heteroatoms. The molecular formula is C18H14ClN3O4. The van der Waals surface area contributed by atoms with Crippen molar-refractivity contribution >= 4 is 23.5 Å². The fourth-order valence-electron chi connectivity index (χ4n) is 2.34. The van der Waals surface area contributed by atoms with E-state index in [9.17, 15) is 14.7 Å². The van der Waals surface area contributed by atoms with Crippen LogP contribution in [0.4, 0.5) is 5.69 Å². The van der Waals surface area contributed by atoms with Crippen LogP contribution in [0.3, 0.4) is 0 Å². The highest BCUT2D eigenvalue weighted by molar-refractivity contribution is 6.30. The molecule has 0 radical (unpaired) electrons. The van der Waals surface area contributed by atoms with E-state index in [1.807, 2.05) is 0 Å². The number of aromatic nitrogens is 2. The molecule has 0 aliphatic carbocycles. The Labute approximate surface area is 152 Å². The monoisotopic (exact) mass is 371 g/mol. The van der Waals surface area contributed by atoms with Gasteiger partial charge in [0, 0.05) is 17.3 Å². The fraction of sp³-hybridized carbons (Fsp3) is 0.0556. The summed E-state index contributed by atoms with van der Waals surface area (Å²) in [5.41, 5.74) is -0.860. The Bertz CT molecular complexity index is 1100. The molecule has 1 heterocycles. The standard InChI is InChI=1S/C18H14ClN3O4/c1-26-14-7-3-6-13(9-14)22-17(24)15(16(23)21-18(22)25)10-20-12-5-2-4-11(19)8-12/h2-10,24H,1H3,(H,21,23,25). The summed E-state index contributed by atoms with van der Waals surface area (Å²) in [4.78, 5) is 30.6. The van der Waals surface area contributed by atoms with Gasteiger partial charge in [-0.25, -0.2) is 9.36 Å². The van der Waals surface area contributed by atoms with Crippen LogP contribution in [0.25, 0.3) is 5.69 Å². The number of halogens is 1. The molecule has 0 bridgehead atoms. The van der Waals surface area contributed by atoms with Crippen LogP contribution < -0.4 is 16.0 Å². The minimum atomic E-state index is -0.777. The number of hydrogen-bond donors (Lipinski definition) is 2. The van der Waals surface area contributed by atoms with Crippen molar-refractivity contribution in [1.82, 2.24) is 9.55 Å². The van der Waals surface area contributed by atoms with E-state index in [0.29, 0.717) is 22.1 Å². The molecule has 0 amide bonds. The van der Waals surface area contributed by atoms with Gasteiger partial charge in [0.25, 0.3) is 5.56 Å². The quantitative estimate of drug-likeness (QED) is 0.689. The number of aromatic hydroxyl groups is 1. The molecule has 0 saturated heterocycles. The van der Waals surface area contributed by atoms with Gasteiger partial charge in [-0.3, -0.25) is 14.8 Å². The van der Waals surface area contributed by atoms with Crippen molar-refractivity contribution in [1.29, 1.82) is 0 Å². The molecule has 0 unspecified atom stereocenters. The molecule has 132 valence electrons. The number of aromatic amines is 1. The maximum atomic E-state index is 12.2. The number of nitrogens with zero attached hydrogens (tertiary/aromatic N) is 2. The van der Waals surface area contributed by atoms with Gasteiger partial charge >= 0.3 is 5.69 Å². The summed E-state index contributed by atoms with van der Waals surface area (Å²) in [6.45, 7) is 0. The molecule has 3 rings (SSSR count). The predicted molar refractivity (Wildman–Crippen MR) is 99.6 cm³/mol. The second-order valence-corrected chi connectivity index (χ2v) is 5.71. The molecule has 0 fully saturated rings. The lowest BCUT2D eigenvalue weighted by atomic mass is 10.2. The zero-order valence-electron chi connectivity index (χ0n) is 13.6. The Morgan fingerprint density at radius 3 is 2.69 bits per heavy atom. The van der Waals surface area contributed by atoms with Crippen LogP contribution in [-0.4, -0.2) is 28.0 Å². The largest absolute Gasteiger partial charge is 0.497 e. The number of hydrogen-bond acceptors (Lipinski definition) is 5. The molecule has 0 aliphatic heterocycles. The van der Waals surface area contributed by atoms with Crippen molar-refractivity contribution in [2.75, 3.05) is 7.11 Å². The Kier molecular flexibility index (Phi) is 4.90. The summed E-state index contributed by atoms with van der Waals surface area (Å²) in [6, 6.07) is 13.2. The Morgan fingerprint density at radius 1 is 1.19 bits per heavy atom. The first kappa shape index (κ1) is 17.5. The highest BCUT2D eigenvalue weighted by Crippen LogP contribution is 2.21. The SMILES string of the molecule is COc1cccc(-n2c(O)c(C=Nc3cccc(Cl)c3)c(=O)[nH]c2=O)c1. The third-order valence-electron chi connectivity index (χ3n) is 3.58. The van der Waals surface area contributed by atoms with E-state index in [4.69, 9.17) is 16.3 Å². The van der Waals surface area contributed by atoms with Crippen molar-refractivity contribution in [2.24, 2.45) is 4.99 Å². The highest BCUT2D eigenvalue weighted by Gasteiger charge is 2.14. The maximum Gasteiger partial charge on any atom is 0.335 e. The second-order valence-electron chi connectivity index (χ2n) is 5.27. The molecular weight excluding hydrogens is 358 g/mol. The van der Waals surface area contributed by atoms with Crippen molar-refractivity contribution in [3.8, 4) is 17.3 Å². The van der Waals surface area contributed by atoms with Crippen molar-refractivity contribution in [2.45, 2.75) is 0 Å². The molecule has 0 atom stereocenters. The smallest absolute Gasteiger partial charge is 0.335 e. The second kappa shape index (κ2) is 7.28. The summed E-state index contributed by atoms with van der Waals surface area (Å²) in [5.74, 6) is -0.0353. The van der Waals surface area contributed by atoms with Crippen molar-refractivity contribution < 1.29 is 9.84 Å². The first-order valence-electron chi connectivity index (χ1n) is 7.52. The van der Waals surface area contributed by atoms with E-state index in [-0.39, 0.29) is 5.56 Å². The number of ether oxygens (including phenoxy) is 1. The van der Waals surface area contributed by atoms with Crippen LogP contribution in [-0.2, 0) is 0 Å². The summed E-state index contributed by atoms with van der Waals surface area (Å²) in [6.07, 6.45) is 1.18. The zero-order chi connectivity index (χ0) is 18.7. The Balaban J connectivity index is 2.12. The maximum absolute atomic E-state index is 12.2. The van der Waals surface area contributed by atoms with Crippen LogP contribution in [0, 0.1) is 0 Å². The molecule has 7 nitrogen and oxygen atoms in total. The highest BCUT2D eigenvalue weighted by atomic mass is 35.5. The predicted octanol–water partition coefficient (Wildman–Crippen LogP) is 2.64. The molecule has 2 aromatic carbocycles. The molecule has 3 aromatic rings. The van der Waals surface area contributed by atoms with Gasteiger partial charge < -0.3 is 9.84 Å². The minimum Gasteiger partial charge on any atom is -0.497 e. The summed E-state index contributed by atoms with van der Waals surface area (Å²) in [7, 11) is 1.48. The molecule has 0 aliphatic rings. The number of H-pyrrole nitrogens is 1. The lowest BCUT2D eigenvalue weighted by Crippen LogP contribution is -2.31. The van der Waals surface area contributed by atoms with Gasteiger partial charge in [0.2, 0.25) is 5.88 Å². The molecule has 0 saturated carbocycles. The van der Waals surface area contributed by atoms with Crippen LogP contribution in [0.1, 0.15) is 5.56 Å². The molecule has 0 spiro atoms. The topological polar surface area (TPSA) is 96.7 Å². The number of methoxy groups -OCH3 is 1. The van der Waals surface area contributed by atoms with E-state index in [1.165, 1.54) is 13.3 Å². The molecule has 2 N–H and O–H groups in total. The summed E-state index contributed by atoms with van der Waals surface area (Å²) >= 11 is 5.90. The number of rotatable bonds is 4. The third-order valence-corrected chi connectivity index (χ3v) is 3.82. The van der Waals surface area contributed by atoms with E-state index in [1.54, 1.807) is 48.5 Å². The minimum absolute atomic E-state index is 0.160. The van der Waals surface area contributed by atoms with Crippen LogP contribution >= 0.6 is 11.6 Å². The van der Waals surface area contributed by atoms with E-state index in [2.05, 4.69) is 9.98 Å². The van der Waals surface area contributed by atoms with E-state index < -0.39 is 17.1 Å². The van der Waals surface area contributed by atoms with Crippen LogP contribution in [0.15, 0.2) is 63.1 Å². The molecule has 1 aromatic heterocycles. The van der Waals surface area contributed by atoms with Gasteiger partial charge in [-0.1, -0.05) is 23.7 Å². The van der Waals surface area contributed by atoms with Crippen molar-refractivity contribution in [3.05, 3.63) is 80.0 Å². The van der Waals surface area contributed by atoms with Gasteiger partial charge in [0.1, 0.15) is 11.3 Å². The number of benzene rings is 2. The number of aliphatic imine (C=N–C) groups is 1. The van der Waals surface area contributed by atoms with E-state index >= 15 is 0 Å². The van der Waals surface area contributed by atoms with Gasteiger partial charge in [-0.05, 0) is 30.3 Å². The summed E-state index contributed by atoms with van der Waals surface area (Å²) in [5, 5.41) is 11.0. The Hall–Kier alpha value is -3.32. The zero-order valence-corrected chi connectivity index (χ0v) is 14.4. The van der Waals surface area contributed by atoms with Gasteiger partial charge in [-0.2, -0.15) is 0 Å². The fourth-order valence-corrected chi connectivity index (χ4v) is 2.52. The average molecular weight is 372 g/mol. The lowest BCUT2D eigenvalue weighted by Gasteiger charge is -2.10. The van der Waals surface area contributed by atoms with Gasteiger partial charge in [-0.15, -0.1) is 0 Å². The number of nitrogens with one attached hydrogen (secondary N) is 1.